The minimum absolute atomic E-state index is 0. The van der Waals surface area contributed by atoms with Gasteiger partial charge in [-0.2, -0.15) is 5.26 Å². The summed E-state index contributed by atoms with van der Waals surface area (Å²) in [6.07, 6.45) is 3.53. The number of carbonyl (C=O) groups excluding carboxylic acids is 1. The molecule has 1 amide bonds. The smallest absolute Gasteiger partial charge is 0.228 e. The summed E-state index contributed by atoms with van der Waals surface area (Å²) in [5.41, 5.74) is 5.08. The number of anilines is 3. The summed E-state index contributed by atoms with van der Waals surface area (Å²) in [5, 5.41) is 14.9. The highest BCUT2D eigenvalue weighted by Crippen LogP contribution is 2.27. The van der Waals surface area contributed by atoms with Gasteiger partial charge in [-0.05, 0) is 65.9 Å². The number of hydrogen-bond donors (Lipinski definition) is 2. The molecule has 1 aliphatic heterocycles. The molecule has 7 heteroatoms. The second-order valence-electron chi connectivity index (χ2n) is 6.84. The number of halogens is 1. The third-order valence-corrected chi connectivity index (χ3v) is 4.79. The molecule has 4 rings (SSSR count). The van der Waals surface area contributed by atoms with Crippen LogP contribution in [-0.2, 0) is 30.5 Å². The molecule has 0 saturated carbocycles. The molecule has 0 unspecified atom stereocenters. The van der Waals surface area contributed by atoms with Gasteiger partial charge in [0, 0.05) is 23.3 Å². The van der Waals surface area contributed by atoms with Crippen molar-refractivity contribution in [2.45, 2.75) is 33.1 Å². The van der Waals surface area contributed by atoms with Gasteiger partial charge in [0.1, 0.15) is 5.82 Å². The number of fused-ring (bicyclic) bond motifs is 1. The molecule has 0 bridgehead atoms. The molecule has 0 spiro atoms. The van der Waals surface area contributed by atoms with Crippen LogP contribution in [-0.4, -0.2) is 15.9 Å². The quantitative estimate of drug-likeness (QED) is 0.639. The van der Waals surface area contributed by atoms with Gasteiger partial charge in [0.05, 0.1) is 18.9 Å². The molecule has 0 aliphatic carbocycles. The Kier molecular flexibility index (Phi) is 6.38. The fourth-order valence-corrected chi connectivity index (χ4v) is 3.38. The van der Waals surface area contributed by atoms with Crippen LogP contribution >= 0.6 is 0 Å². The highest BCUT2D eigenvalue weighted by Gasteiger charge is 2.17. The van der Waals surface area contributed by atoms with Crippen LogP contribution in [0.1, 0.15) is 29.8 Å². The zero-order valence-electron chi connectivity index (χ0n) is 15.6. The molecule has 30 heavy (non-hydrogen) atoms. The number of rotatable bonds is 6. The third kappa shape index (κ3) is 4.78. The SMILES string of the molecule is C.N#CCc1cc(F)ccc1CCc1ccnc(Nc2ccc3c(c2)CC(=O)N3)n1. The van der Waals surface area contributed by atoms with Crippen LogP contribution in [0.2, 0.25) is 0 Å². The number of amides is 1. The van der Waals surface area contributed by atoms with Crippen molar-refractivity contribution in [3.8, 4) is 6.07 Å². The number of nitrogens with one attached hydrogen (secondary N) is 2. The van der Waals surface area contributed by atoms with Gasteiger partial charge in [-0.25, -0.2) is 14.4 Å². The third-order valence-electron chi connectivity index (χ3n) is 4.79. The van der Waals surface area contributed by atoms with Crippen LogP contribution in [0.3, 0.4) is 0 Å². The molecular weight excluding hydrogens is 381 g/mol. The maximum atomic E-state index is 13.4. The first-order valence-corrected chi connectivity index (χ1v) is 9.27. The molecule has 1 aromatic heterocycles. The van der Waals surface area contributed by atoms with E-state index in [9.17, 15) is 9.18 Å². The highest BCUT2D eigenvalue weighted by molar-refractivity contribution is 5.99. The lowest BCUT2D eigenvalue weighted by Gasteiger charge is -2.09. The van der Waals surface area contributed by atoms with Crippen LogP contribution in [0.15, 0.2) is 48.7 Å². The number of hydrogen-bond acceptors (Lipinski definition) is 5. The first kappa shape index (κ1) is 20.9. The van der Waals surface area contributed by atoms with E-state index < -0.39 is 0 Å². The summed E-state index contributed by atoms with van der Waals surface area (Å²) < 4.78 is 13.4. The van der Waals surface area contributed by atoms with Crippen molar-refractivity contribution in [2.24, 2.45) is 0 Å². The Morgan fingerprint density at radius 1 is 1.13 bits per heavy atom. The maximum Gasteiger partial charge on any atom is 0.228 e. The van der Waals surface area contributed by atoms with Crippen LogP contribution in [0.25, 0.3) is 0 Å². The first-order chi connectivity index (χ1) is 14.1. The predicted molar refractivity (Wildman–Crippen MR) is 114 cm³/mol. The number of benzene rings is 2. The Bertz CT molecular complexity index is 1120. The number of nitriles is 1. The van der Waals surface area contributed by atoms with E-state index in [4.69, 9.17) is 5.26 Å². The highest BCUT2D eigenvalue weighted by atomic mass is 19.1. The minimum atomic E-state index is -0.334. The molecule has 2 heterocycles. The van der Waals surface area contributed by atoms with Crippen LogP contribution in [0.5, 0.6) is 0 Å². The molecule has 6 nitrogen and oxygen atoms in total. The fraction of sp³-hybridized carbons (Fsp3) is 0.217. The predicted octanol–water partition coefficient (Wildman–Crippen LogP) is 4.34. The molecule has 1 aliphatic rings. The van der Waals surface area contributed by atoms with Crippen molar-refractivity contribution in [3.05, 3.63) is 76.9 Å². The lowest BCUT2D eigenvalue weighted by Crippen LogP contribution is -2.03. The minimum Gasteiger partial charge on any atom is -0.326 e. The average molecular weight is 403 g/mol. The van der Waals surface area contributed by atoms with Gasteiger partial charge in [-0.15, -0.1) is 0 Å². The summed E-state index contributed by atoms with van der Waals surface area (Å²) in [5.74, 6) is 0.127. The molecule has 0 radical (unpaired) electrons. The van der Waals surface area contributed by atoms with Crippen molar-refractivity contribution >= 4 is 23.2 Å². The Morgan fingerprint density at radius 3 is 2.83 bits per heavy atom. The molecule has 2 N–H and O–H groups in total. The topological polar surface area (TPSA) is 90.7 Å². The van der Waals surface area contributed by atoms with E-state index in [-0.39, 0.29) is 25.6 Å². The fourth-order valence-electron chi connectivity index (χ4n) is 3.38. The van der Waals surface area contributed by atoms with Gasteiger partial charge in [0.15, 0.2) is 0 Å². The van der Waals surface area contributed by atoms with Crippen LogP contribution in [0, 0.1) is 17.1 Å². The van der Waals surface area contributed by atoms with E-state index in [1.165, 1.54) is 12.1 Å². The number of carbonyl (C=O) groups is 1. The van der Waals surface area contributed by atoms with Crippen molar-refractivity contribution in [1.29, 1.82) is 5.26 Å². The van der Waals surface area contributed by atoms with Crippen molar-refractivity contribution < 1.29 is 9.18 Å². The van der Waals surface area contributed by atoms with E-state index in [0.29, 0.717) is 30.8 Å². The normalized spacial score (nSPS) is 11.8. The molecule has 2 aromatic carbocycles. The zero-order valence-corrected chi connectivity index (χ0v) is 15.6. The summed E-state index contributed by atoms with van der Waals surface area (Å²) in [4.78, 5) is 20.3. The first-order valence-electron chi connectivity index (χ1n) is 9.27. The second-order valence-corrected chi connectivity index (χ2v) is 6.84. The Morgan fingerprint density at radius 2 is 2.00 bits per heavy atom. The summed E-state index contributed by atoms with van der Waals surface area (Å²) in [7, 11) is 0. The molecule has 152 valence electrons. The molecule has 0 fully saturated rings. The standard InChI is InChI=1S/C22H18FN5O.CH4/c23-17-3-1-14(15(11-17)7-9-24)2-4-18-8-10-25-22(26-18)27-19-5-6-20-16(12-19)13-21(29)28-20;/h1,3,5-6,8,10-12H,2,4,7,13H2,(H,28,29)(H,25,26,27);1H4. The monoisotopic (exact) mass is 403 g/mol. The Balaban J connectivity index is 0.00000256. The number of aromatic nitrogens is 2. The number of nitrogens with zero attached hydrogens (tertiary/aromatic N) is 3. The molecule has 0 saturated heterocycles. The van der Waals surface area contributed by atoms with Gasteiger partial charge < -0.3 is 10.6 Å². The van der Waals surface area contributed by atoms with E-state index in [1.807, 2.05) is 24.3 Å². The van der Waals surface area contributed by atoms with Crippen molar-refractivity contribution in [1.82, 2.24) is 9.97 Å². The summed E-state index contributed by atoms with van der Waals surface area (Å²) in [6, 6.07) is 14.1. The number of aryl methyl sites for hydroxylation is 2. The largest absolute Gasteiger partial charge is 0.326 e. The van der Waals surface area contributed by atoms with E-state index >= 15 is 0 Å². The average Bonchev–Trinajstić information content (AvgIpc) is 3.07. The zero-order chi connectivity index (χ0) is 20.2. The van der Waals surface area contributed by atoms with Gasteiger partial charge in [-0.3, -0.25) is 4.79 Å². The van der Waals surface area contributed by atoms with Gasteiger partial charge in [0.2, 0.25) is 11.9 Å². The van der Waals surface area contributed by atoms with E-state index in [2.05, 4.69) is 26.7 Å². The summed E-state index contributed by atoms with van der Waals surface area (Å²) >= 11 is 0. The summed E-state index contributed by atoms with van der Waals surface area (Å²) in [6.45, 7) is 0. The van der Waals surface area contributed by atoms with E-state index in [1.54, 1.807) is 12.3 Å². The Labute approximate surface area is 174 Å². The van der Waals surface area contributed by atoms with Gasteiger partial charge in [-0.1, -0.05) is 13.5 Å². The molecule has 3 aromatic rings. The van der Waals surface area contributed by atoms with Gasteiger partial charge >= 0.3 is 0 Å². The van der Waals surface area contributed by atoms with Crippen molar-refractivity contribution in [2.75, 3.05) is 10.6 Å². The van der Waals surface area contributed by atoms with Crippen LogP contribution < -0.4 is 10.6 Å². The molecular formula is C23H22FN5O. The lowest BCUT2D eigenvalue weighted by molar-refractivity contribution is -0.115. The van der Waals surface area contributed by atoms with E-state index in [0.717, 1.165) is 28.2 Å². The maximum absolute atomic E-state index is 13.4. The Hall–Kier alpha value is -3.79. The second kappa shape index (κ2) is 9.14. The lowest BCUT2D eigenvalue weighted by atomic mass is 10.00. The van der Waals surface area contributed by atoms with Crippen molar-refractivity contribution in [3.63, 3.8) is 0 Å². The van der Waals surface area contributed by atoms with Gasteiger partial charge in [0.25, 0.3) is 0 Å². The van der Waals surface area contributed by atoms with Crippen LogP contribution in [0.4, 0.5) is 21.7 Å². The molecule has 0 atom stereocenters.